The largest absolute Gasteiger partial charge is 0.381 e. The van der Waals surface area contributed by atoms with Gasteiger partial charge >= 0.3 is 0 Å². The molecule has 0 spiro atoms. The van der Waals surface area contributed by atoms with Crippen molar-refractivity contribution in [2.24, 2.45) is 11.8 Å². The Kier molecular flexibility index (Phi) is 5.26. The molecule has 0 aromatic rings. The van der Waals surface area contributed by atoms with Crippen molar-refractivity contribution in [1.82, 2.24) is 10.6 Å². The third-order valence-corrected chi connectivity index (χ3v) is 3.84. The van der Waals surface area contributed by atoms with Crippen molar-refractivity contribution in [2.45, 2.75) is 32.1 Å². The topological polar surface area (TPSA) is 50.4 Å². The zero-order valence-electron chi connectivity index (χ0n) is 10.5. The van der Waals surface area contributed by atoms with E-state index >= 15 is 0 Å². The van der Waals surface area contributed by atoms with E-state index in [1.165, 1.54) is 6.42 Å². The molecular formula is C13H24N2O2. The monoisotopic (exact) mass is 240 g/mol. The fourth-order valence-electron chi connectivity index (χ4n) is 2.61. The second kappa shape index (κ2) is 6.97. The quantitative estimate of drug-likeness (QED) is 0.726. The summed E-state index contributed by atoms with van der Waals surface area (Å²) < 4.78 is 5.31. The zero-order chi connectivity index (χ0) is 11.9. The summed E-state index contributed by atoms with van der Waals surface area (Å²) in [6.45, 7) is 4.80. The summed E-state index contributed by atoms with van der Waals surface area (Å²) in [7, 11) is 0. The van der Waals surface area contributed by atoms with Crippen molar-refractivity contribution in [2.75, 3.05) is 32.8 Å². The molecule has 0 aromatic heterocycles. The van der Waals surface area contributed by atoms with Crippen LogP contribution in [-0.2, 0) is 9.53 Å². The van der Waals surface area contributed by atoms with Crippen molar-refractivity contribution in [3.63, 3.8) is 0 Å². The van der Waals surface area contributed by atoms with Gasteiger partial charge < -0.3 is 15.4 Å². The Labute approximate surface area is 103 Å². The Bertz CT molecular complexity index is 234. The van der Waals surface area contributed by atoms with Gasteiger partial charge in [-0.2, -0.15) is 0 Å². The zero-order valence-corrected chi connectivity index (χ0v) is 10.5. The number of hydrogen-bond acceptors (Lipinski definition) is 3. The number of carbonyl (C=O) groups is 1. The molecule has 4 heteroatoms. The van der Waals surface area contributed by atoms with Crippen LogP contribution in [0.15, 0.2) is 0 Å². The van der Waals surface area contributed by atoms with Gasteiger partial charge in [0.1, 0.15) is 0 Å². The van der Waals surface area contributed by atoms with Gasteiger partial charge in [0.15, 0.2) is 0 Å². The van der Waals surface area contributed by atoms with E-state index in [0.29, 0.717) is 18.3 Å². The first-order chi connectivity index (χ1) is 8.34. The summed E-state index contributed by atoms with van der Waals surface area (Å²) >= 11 is 0. The second-order valence-corrected chi connectivity index (χ2v) is 5.27. The lowest BCUT2D eigenvalue weighted by molar-refractivity contribution is -0.121. The molecule has 2 atom stereocenters. The van der Waals surface area contributed by atoms with Crippen LogP contribution in [0, 0.1) is 11.8 Å². The molecule has 2 unspecified atom stereocenters. The van der Waals surface area contributed by atoms with Crippen LogP contribution in [0.1, 0.15) is 32.1 Å². The molecule has 4 nitrogen and oxygen atoms in total. The molecule has 0 bridgehead atoms. The minimum atomic E-state index is 0.218. The molecule has 0 saturated carbocycles. The Morgan fingerprint density at radius 2 is 2.24 bits per heavy atom. The van der Waals surface area contributed by atoms with Gasteiger partial charge in [-0.3, -0.25) is 4.79 Å². The summed E-state index contributed by atoms with van der Waals surface area (Å²) in [6.07, 6.45) is 5.17. The number of rotatable bonds is 6. The van der Waals surface area contributed by atoms with Crippen molar-refractivity contribution in [3.05, 3.63) is 0 Å². The van der Waals surface area contributed by atoms with E-state index in [0.717, 1.165) is 52.1 Å². The van der Waals surface area contributed by atoms with Gasteiger partial charge in [-0.05, 0) is 50.6 Å². The predicted octanol–water partition coefficient (Wildman–Crippen LogP) is 0.919. The van der Waals surface area contributed by atoms with Crippen molar-refractivity contribution >= 4 is 5.91 Å². The van der Waals surface area contributed by atoms with Crippen LogP contribution < -0.4 is 10.6 Å². The standard InChI is InChI=1S/C13H24N2O2/c16-13(2-1-11-3-6-14-9-11)15-7-4-12-5-8-17-10-12/h11-12,14H,1-10H2,(H,15,16). The van der Waals surface area contributed by atoms with Crippen molar-refractivity contribution in [1.29, 1.82) is 0 Å². The number of nitrogens with one attached hydrogen (secondary N) is 2. The van der Waals surface area contributed by atoms with Crippen LogP contribution in [0.25, 0.3) is 0 Å². The third kappa shape index (κ3) is 4.64. The van der Waals surface area contributed by atoms with E-state index in [1.54, 1.807) is 0 Å². The molecule has 0 aromatic carbocycles. The summed E-state index contributed by atoms with van der Waals surface area (Å²) in [6, 6.07) is 0. The number of ether oxygens (including phenoxy) is 1. The maximum atomic E-state index is 11.6. The van der Waals surface area contributed by atoms with E-state index in [4.69, 9.17) is 4.74 Å². The van der Waals surface area contributed by atoms with Gasteiger partial charge in [0.25, 0.3) is 0 Å². The first-order valence-electron chi connectivity index (χ1n) is 6.90. The predicted molar refractivity (Wildman–Crippen MR) is 66.8 cm³/mol. The average Bonchev–Trinajstić information content (AvgIpc) is 2.99. The normalized spacial score (nSPS) is 28.5. The van der Waals surface area contributed by atoms with Crippen LogP contribution in [0.3, 0.4) is 0 Å². The molecule has 17 heavy (non-hydrogen) atoms. The van der Waals surface area contributed by atoms with E-state index in [-0.39, 0.29) is 5.91 Å². The Balaban J connectivity index is 1.48. The van der Waals surface area contributed by atoms with Crippen molar-refractivity contribution < 1.29 is 9.53 Å². The van der Waals surface area contributed by atoms with Gasteiger partial charge in [-0.1, -0.05) is 0 Å². The lowest BCUT2D eigenvalue weighted by Gasteiger charge is -2.10. The van der Waals surface area contributed by atoms with Gasteiger partial charge in [-0.15, -0.1) is 0 Å². The molecule has 0 radical (unpaired) electrons. The number of hydrogen-bond donors (Lipinski definition) is 2. The highest BCUT2D eigenvalue weighted by atomic mass is 16.5. The van der Waals surface area contributed by atoms with Gasteiger partial charge in [0, 0.05) is 26.2 Å². The number of amides is 1. The van der Waals surface area contributed by atoms with Crippen LogP contribution in [-0.4, -0.2) is 38.8 Å². The lowest BCUT2D eigenvalue weighted by Crippen LogP contribution is -2.26. The minimum Gasteiger partial charge on any atom is -0.381 e. The summed E-state index contributed by atoms with van der Waals surface area (Å²) in [5.74, 6) is 1.59. The molecule has 98 valence electrons. The van der Waals surface area contributed by atoms with Gasteiger partial charge in [0.05, 0.1) is 0 Å². The number of carbonyl (C=O) groups excluding carboxylic acids is 1. The van der Waals surface area contributed by atoms with E-state index in [2.05, 4.69) is 10.6 Å². The minimum absolute atomic E-state index is 0.218. The fraction of sp³-hybridized carbons (Fsp3) is 0.923. The van der Waals surface area contributed by atoms with Gasteiger partial charge in [-0.25, -0.2) is 0 Å². The van der Waals surface area contributed by atoms with Crippen molar-refractivity contribution in [3.8, 4) is 0 Å². The molecule has 1 amide bonds. The molecule has 2 saturated heterocycles. The average molecular weight is 240 g/mol. The summed E-state index contributed by atoms with van der Waals surface area (Å²) in [5, 5.41) is 6.35. The van der Waals surface area contributed by atoms with E-state index < -0.39 is 0 Å². The Hall–Kier alpha value is -0.610. The molecule has 2 aliphatic heterocycles. The first kappa shape index (κ1) is 12.8. The molecule has 2 fully saturated rings. The fourth-order valence-corrected chi connectivity index (χ4v) is 2.61. The first-order valence-corrected chi connectivity index (χ1v) is 6.90. The third-order valence-electron chi connectivity index (χ3n) is 3.84. The van der Waals surface area contributed by atoms with Crippen LogP contribution >= 0.6 is 0 Å². The molecule has 0 aliphatic carbocycles. The highest BCUT2D eigenvalue weighted by molar-refractivity contribution is 5.75. The van der Waals surface area contributed by atoms with Gasteiger partial charge in [0.2, 0.25) is 5.91 Å². The maximum Gasteiger partial charge on any atom is 0.220 e. The van der Waals surface area contributed by atoms with E-state index in [1.807, 2.05) is 0 Å². The highest BCUT2D eigenvalue weighted by Gasteiger charge is 2.17. The molecule has 2 heterocycles. The van der Waals surface area contributed by atoms with Crippen LogP contribution in [0.2, 0.25) is 0 Å². The lowest BCUT2D eigenvalue weighted by atomic mass is 10.0. The Morgan fingerprint density at radius 3 is 2.94 bits per heavy atom. The van der Waals surface area contributed by atoms with Crippen LogP contribution in [0.4, 0.5) is 0 Å². The summed E-state index contributed by atoms with van der Waals surface area (Å²) in [4.78, 5) is 11.6. The SMILES string of the molecule is O=C(CCC1CCNC1)NCCC1CCOC1. The smallest absolute Gasteiger partial charge is 0.220 e. The summed E-state index contributed by atoms with van der Waals surface area (Å²) in [5.41, 5.74) is 0. The highest BCUT2D eigenvalue weighted by Crippen LogP contribution is 2.16. The maximum absolute atomic E-state index is 11.6. The Morgan fingerprint density at radius 1 is 1.29 bits per heavy atom. The second-order valence-electron chi connectivity index (χ2n) is 5.27. The molecular weight excluding hydrogens is 216 g/mol. The molecule has 2 N–H and O–H groups in total. The van der Waals surface area contributed by atoms with E-state index in [9.17, 15) is 4.79 Å². The molecule has 2 aliphatic rings. The molecule has 2 rings (SSSR count). The van der Waals surface area contributed by atoms with Crippen LogP contribution in [0.5, 0.6) is 0 Å².